The summed E-state index contributed by atoms with van der Waals surface area (Å²) in [6.45, 7) is 3.96. The quantitative estimate of drug-likeness (QED) is 0.444. The molecule has 1 unspecified atom stereocenters. The number of amides is 3. The molecule has 1 heterocycles. The number of carbonyl (C=O) groups is 4. The van der Waals surface area contributed by atoms with Crippen LogP contribution in [0.15, 0.2) is 60.7 Å². The van der Waals surface area contributed by atoms with Gasteiger partial charge in [0.1, 0.15) is 18.1 Å². The van der Waals surface area contributed by atoms with E-state index >= 15 is 0 Å². The molecule has 1 fully saturated rings. The molecule has 9 nitrogen and oxygen atoms in total. The molecule has 35 heavy (non-hydrogen) atoms. The largest absolute Gasteiger partial charge is 0.467 e. The molecule has 9 heteroatoms. The molecule has 3 atom stereocenters. The van der Waals surface area contributed by atoms with Crippen molar-refractivity contribution in [2.45, 2.75) is 44.8 Å². The van der Waals surface area contributed by atoms with Crippen molar-refractivity contribution in [1.29, 1.82) is 0 Å². The molecule has 1 aliphatic rings. The van der Waals surface area contributed by atoms with E-state index in [-0.39, 0.29) is 24.7 Å². The van der Waals surface area contributed by atoms with Crippen molar-refractivity contribution in [2.24, 2.45) is 5.92 Å². The van der Waals surface area contributed by atoms with Crippen LogP contribution < -0.4 is 16.1 Å². The number of ether oxygens (including phenoxy) is 1. The average Bonchev–Trinajstić information content (AvgIpc) is 3.28. The summed E-state index contributed by atoms with van der Waals surface area (Å²) in [4.78, 5) is 51.0. The number of nitrogens with one attached hydrogen (secondary N) is 3. The van der Waals surface area contributed by atoms with Crippen molar-refractivity contribution in [3.8, 4) is 0 Å². The maximum Gasteiger partial charge on any atom is 0.328 e. The van der Waals surface area contributed by atoms with Crippen LogP contribution in [0.2, 0.25) is 0 Å². The first-order valence-electron chi connectivity index (χ1n) is 11.6. The van der Waals surface area contributed by atoms with Crippen LogP contribution in [0.25, 0.3) is 0 Å². The van der Waals surface area contributed by atoms with Crippen molar-refractivity contribution >= 4 is 23.7 Å². The van der Waals surface area contributed by atoms with E-state index in [1.54, 1.807) is 31.0 Å². The van der Waals surface area contributed by atoms with Gasteiger partial charge < -0.3 is 15.4 Å². The van der Waals surface area contributed by atoms with Crippen LogP contribution in [-0.4, -0.2) is 54.4 Å². The van der Waals surface area contributed by atoms with Gasteiger partial charge in [-0.2, -0.15) is 0 Å². The number of methoxy groups -OCH3 is 1. The molecule has 3 rings (SSSR count). The fourth-order valence-corrected chi connectivity index (χ4v) is 3.98. The van der Waals surface area contributed by atoms with Crippen LogP contribution in [0.4, 0.5) is 0 Å². The van der Waals surface area contributed by atoms with Crippen LogP contribution in [0.3, 0.4) is 0 Å². The van der Waals surface area contributed by atoms with Crippen molar-refractivity contribution in [1.82, 2.24) is 21.1 Å². The molecular formula is C26H32N4O5. The first-order valence-corrected chi connectivity index (χ1v) is 11.6. The number of nitrogens with zero attached hydrogens (tertiary/aromatic N) is 1. The minimum atomic E-state index is -0.958. The lowest BCUT2D eigenvalue weighted by Crippen LogP contribution is -2.56. The first-order chi connectivity index (χ1) is 16.8. The molecule has 0 saturated carbocycles. The summed E-state index contributed by atoms with van der Waals surface area (Å²) in [5.41, 5.74) is 4.25. The Morgan fingerprint density at radius 1 is 0.971 bits per heavy atom. The summed E-state index contributed by atoms with van der Waals surface area (Å²) in [5.74, 6) is -1.87. The zero-order valence-electron chi connectivity index (χ0n) is 20.2. The monoisotopic (exact) mass is 480 g/mol. The Bertz CT molecular complexity index is 1030. The Hall–Kier alpha value is -3.72. The Morgan fingerprint density at radius 2 is 1.60 bits per heavy atom. The standard InChI is InChI=1S/C26H32N4O5/c1-17(2)22(26(34)35-3)28-24(32)20(16-18-10-6-4-7-11-18)27-25(33)23(19-12-8-5-9-13-19)30-15-14-21(31)29-30/h4-13,17,20,22-23H,14-16H2,1-3H3,(H,27,33)(H,28,32)(H,29,31)/t20-,22-,23?/m0/s1. The van der Waals surface area contributed by atoms with E-state index in [2.05, 4.69) is 16.1 Å². The van der Waals surface area contributed by atoms with Gasteiger partial charge in [0.2, 0.25) is 17.7 Å². The zero-order valence-corrected chi connectivity index (χ0v) is 20.2. The third-order valence-corrected chi connectivity index (χ3v) is 5.86. The van der Waals surface area contributed by atoms with Gasteiger partial charge in [-0.25, -0.2) is 9.80 Å². The molecule has 0 bridgehead atoms. The van der Waals surface area contributed by atoms with Crippen LogP contribution in [-0.2, 0) is 30.3 Å². The lowest BCUT2D eigenvalue weighted by atomic mass is 10.0. The third kappa shape index (κ3) is 6.89. The Labute approximate surface area is 205 Å². The number of hydrogen-bond acceptors (Lipinski definition) is 6. The summed E-state index contributed by atoms with van der Waals surface area (Å²) < 4.78 is 4.84. The highest BCUT2D eigenvalue weighted by Gasteiger charge is 2.36. The summed E-state index contributed by atoms with van der Waals surface area (Å²) in [6, 6.07) is 15.7. The molecular weight excluding hydrogens is 448 g/mol. The molecule has 0 radical (unpaired) electrons. The van der Waals surface area contributed by atoms with Gasteiger partial charge in [0.25, 0.3) is 0 Å². The van der Waals surface area contributed by atoms with Crippen molar-refractivity contribution in [3.63, 3.8) is 0 Å². The molecule has 0 spiro atoms. The predicted octanol–water partition coefficient (Wildman–Crippen LogP) is 1.51. The van der Waals surface area contributed by atoms with Gasteiger partial charge in [0, 0.05) is 19.4 Å². The summed E-state index contributed by atoms with van der Waals surface area (Å²) in [5, 5.41) is 7.18. The minimum Gasteiger partial charge on any atom is -0.467 e. The molecule has 2 aromatic rings. The van der Waals surface area contributed by atoms with Gasteiger partial charge in [-0.05, 0) is 17.0 Å². The number of benzene rings is 2. The Kier molecular flexibility index (Phi) is 8.97. The Balaban J connectivity index is 1.87. The SMILES string of the molecule is COC(=O)[C@@H](NC(=O)[C@H](Cc1ccccc1)NC(=O)C(c1ccccc1)N1CCC(=O)N1)C(C)C. The highest BCUT2D eigenvalue weighted by molar-refractivity contribution is 5.93. The fraction of sp³-hybridized carbons (Fsp3) is 0.385. The topological polar surface area (TPSA) is 117 Å². The normalized spacial score (nSPS) is 16.2. The fourth-order valence-electron chi connectivity index (χ4n) is 3.98. The third-order valence-electron chi connectivity index (χ3n) is 5.86. The summed E-state index contributed by atoms with van der Waals surface area (Å²) in [7, 11) is 1.27. The second kappa shape index (κ2) is 12.1. The summed E-state index contributed by atoms with van der Waals surface area (Å²) >= 11 is 0. The second-order valence-electron chi connectivity index (χ2n) is 8.80. The molecule has 2 aromatic carbocycles. The van der Waals surface area contributed by atoms with E-state index in [9.17, 15) is 19.2 Å². The Morgan fingerprint density at radius 3 is 2.14 bits per heavy atom. The van der Waals surface area contributed by atoms with E-state index in [0.717, 1.165) is 5.56 Å². The van der Waals surface area contributed by atoms with Gasteiger partial charge >= 0.3 is 5.97 Å². The number of carbonyl (C=O) groups excluding carboxylic acids is 4. The van der Waals surface area contributed by atoms with E-state index in [1.807, 2.05) is 48.5 Å². The predicted molar refractivity (Wildman–Crippen MR) is 130 cm³/mol. The molecule has 186 valence electrons. The number of hydrazine groups is 1. The maximum atomic E-state index is 13.6. The maximum absolute atomic E-state index is 13.6. The number of rotatable bonds is 10. The van der Waals surface area contributed by atoms with E-state index in [1.165, 1.54) is 7.11 Å². The van der Waals surface area contributed by atoms with Gasteiger partial charge in [-0.15, -0.1) is 0 Å². The highest BCUT2D eigenvalue weighted by atomic mass is 16.5. The second-order valence-corrected chi connectivity index (χ2v) is 8.80. The van der Waals surface area contributed by atoms with E-state index in [4.69, 9.17) is 4.74 Å². The number of hydrogen-bond donors (Lipinski definition) is 3. The minimum absolute atomic E-state index is 0.171. The number of esters is 1. The van der Waals surface area contributed by atoms with Crippen LogP contribution in [0.1, 0.15) is 37.4 Å². The van der Waals surface area contributed by atoms with Gasteiger partial charge in [0.05, 0.1) is 7.11 Å². The van der Waals surface area contributed by atoms with Gasteiger partial charge in [-0.3, -0.25) is 19.8 Å². The van der Waals surface area contributed by atoms with Crippen LogP contribution >= 0.6 is 0 Å². The van der Waals surface area contributed by atoms with Crippen molar-refractivity contribution in [3.05, 3.63) is 71.8 Å². The summed E-state index contributed by atoms with van der Waals surface area (Å²) in [6.07, 6.45) is 0.498. The van der Waals surface area contributed by atoms with E-state index < -0.39 is 35.9 Å². The van der Waals surface area contributed by atoms with Crippen molar-refractivity contribution < 1.29 is 23.9 Å². The van der Waals surface area contributed by atoms with Crippen LogP contribution in [0.5, 0.6) is 0 Å². The lowest BCUT2D eigenvalue weighted by Gasteiger charge is -2.29. The van der Waals surface area contributed by atoms with Gasteiger partial charge in [0.15, 0.2) is 0 Å². The first kappa shape index (κ1) is 25.9. The van der Waals surface area contributed by atoms with Crippen molar-refractivity contribution in [2.75, 3.05) is 13.7 Å². The smallest absolute Gasteiger partial charge is 0.328 e. The molecule has 0 aliphatic carbocycles. The zero-order chi connectivity index (χ0) is 25.4. The van der Waals surface area contributed by atoms with E-state index in [0.29, 0.717) is 12.1 Å². The molecule has 0 aromatic heterocycles. The molecule has 3 N–H and O–H groups in total. The molecule has 1 aliphatic heterocycles. The lowest BCUT2D eigenvalue weighted by molar-refractivity contribution is -0.146. The molecule has 3 amide bonds. The highest BCUT2D eigenvalue weighted by Crippen LogP contribution is 2.22. The average molecular weight is 481 g/mol. The molecule has 1 saturated heterocycles. The van der Waals surface area contributed by atoms with Gasteiger partial charge in [-0.1, -0.05) is 74.5 Å². The van der Waals surface area contributed by atoms with Crippen LogP contribution in [0, 0.1) is 5.92 Å².